The van der Waals surface area contributed by atoms with Crippen molar-refractivity contribution < 1.29 is 28.7 Å². The average molecular weight is 1090 g/mol. The van der Waals surface area contributed by atoms with Crippen LogP contribution in [-0.4, -0.2) is 133 Å². The van der Waals surface area contributed by atoms with Crippen molar-refractivity contribution in [1.29, 1.82) is 0 Å². The highest BCUT2D eigenvalue weighted by atomic mass is 28.4. The Balaban J connectivity index is 0.000000229. The number of ether oxygens (including phenoxy) is 1. The number of hydrogen-bond acceptors (Lipinski definition) is 16. The second kappa shape index (κ2) is 26.3. The molecule has 0 saturated carbocycles. The Labute approximate surface area is 462 Å². The van der Waals surface area contributed by atoms with Crippen molar-refractivity contribution in [3.63, 3.8) is 0 Å². The summed E-state index contributed by atoms with van der Waals surface area (Å²) in [5.74, 6) is 1.99. The number of nitrogens with zero attached hydrogens (tertiary/aromatic N) is 11. The van der Waals surface area contributed by atoms with E-state index in [0.29, 0.717) is 73.2 Å². The topological polar surface area (TPSA) is 261 Å². The van der Waals surface area contributed by atoms with Crippen LogP contribution in [0.3, 0.4) is 0 Å². The number of rotatable bonds is 18. The summed E-state index contributed by atoms with van der Waals surface area (Å²) in [6, 6.07) is 7.05. The molecule has 2 aliphatic rings. The molecule has 2 fully saturated rings. The highest BCUT2D eigenvalue weighted by molar-refractivity contribution is 6.74. The minimum absolute atomic E-state index is 0.128. The van der Waals surface area contributed by atoms with Gasteiger partial charge < -0.3 is 69.9 Å². The van der Waals surface area contributed by atoms with Gasteiger partial charge in [0.15, 0.2) is 32.3 Å². The van der Waals surface area contributed by atoms with Crippen LogP contribution >= 0.6 is 0 Å². The van der Waals surface area contributed by atoms with Crippen LogP contribution in [0, 0.1) is 25.0 Å². The average Bonchev–Trinajstić information content (AvgIpc) is 4.15. The minimum Gasteiger partial charge on any atom is -0.478 e. The number of carbonyl (C=O) groups is 3. The predicted octanol–water partition coefficient (Wildman–Crippen LogP) is 9.83. The summed E-state index contributed by atoms with van der Waals surface area (Å²) in [5, 5.41) is 29.2. The van der Waals surface area contributed by atoms with E-state index in [9.17, 15) is 19.5 Å². The molecular weight excluding hydrogens is 1020 g/mol. The lowest BCUT2D eigenvalue weighted by Gasteiger charge is -2.36. The Bertz CT molecular complexity index is 3110. The summed E-state index contributed by atoms with van der Waals surface area (Å²) in [4.78, 5) is 70.7. The number of anilines is 6. The normalized spacial score (nSPS) is 15.5. The summed E-state index contributed by atoms with van der Waals surface area (Å²) in [6.07, 6.45) is 19.9. The van der Waals surface area contributed by atoms with Crippen molar-refractivity contribution in [3.8, 4) is 11.4 Å². The first-order chi connectivity index (χ1) is 37.7. The number of piperidine rings is 2. The third kappa shape index (κ3) is 16.8. The van der Waals surface area contributed by atoms with Gasteiger partial charge in [0, 0.05) is 69.6 Å². The molecule has 0 aliphatic carbocycles. The fourth-order valence-corrected chi connectivity index (χ4v) is 9.40. The number of aromatic nitrogens is 8. The van der Waals surface area contributed by atoms with Gasteiger partial charge in [-0.1, -0.05) is 33.9 Å². The quantitative estimate of drug-likeness (QED) is 0.0240. The monoisotopic (exact) mass is 1090 g/mol. The number of amides is 2. The fraction of sp³-hybridized carbons (Fsp3) is 0.436. The number of pyridine rings is 2. The Hall–Kier alpha value is -8.45. The molecule has 2 amide bonds. The van der Waals surface area contributed by atoms with Gasteiger partial charge in [-0.25, -0.2) is 29.5 Å². The maximum Gasteiger partial charge on any atom is 0.410 e. The van der Waals surface area contributed by atoms with E-state index >= 15 is 0 Å². The molecule has 79 heavy (non-hydrogen) atoms. The lowest BCUT2D eigenvalue weighted by molar-refractivity contribution is 0.0172. The van der Waals surface area contributed by atoms with Crippen LogP contribution < -0.4 is 31.9 Å². The smallest absolute Gasteiger partial charge is 0.410 e. The van der Waals surface area contributed by atoms with Gasteiger partial charge in [0.2, 0.25) is 0 Å². The number of carboxylic acids is 1. The van der Waals surface area contributed by atoms with Gasteiger partial charge in [-0.15, -0.1) is 9.97 Å². The van der Waals surface area contributed by atoms with Crippen molar-refractivity contribution in [2.45, 2.75) is 91.0 Å². The van der Waals surface area contributed by atoms with Crippen LogP contribution in [0.25, 0.3) is 21.1 Å². The van der Waals surface area contributed by atoms with Gasteiger partial charge in [0.1, 0.15) is 17.2 Å². The van der Waals surface area contributed by atoms with E-state index in [1.807, 2.05) is 43.8 Å². The Kier molecular flexibility index (Phi) is 19.4. The van der Waals surface area contributed by atoms with Crippen molar-refractivity contribution in [1.82, 2.24) is 54.6 Å². The van der Waals surface area contributed by atoms with Crippen LogP contribution in [0.4, 0.5) is 51.1 Å². The number of carbonyl (C=O) groups excluding carboxylic acids is 2. The highest BCUT2D eigenvalue weighted by Gasteiger charge is 2.37. The van der Waals surface area contributed by atoms with E-state index in [4.69, 9.17) is 22.3 Å². The molecule has 7 N–H and O–H groups in total. The van der Waals surface area contributed by atoms with Gasteiger partial charge in [0.05, 0.1) is 65.3 Å². The summed E-state index contributed by atoms with van der Waals surface area (Å²) in [7, 11) is -1.85. The van der Waals surface area contributed by atoms with Crippen LogP contribution in [0.1, 0.15) is 87.9 Å². The first-order valence-electron chi connectivity index (χ1n) is 26.3. The predicted molar refractivity (Wildman–Crippen MR) is 306 cm³/mol. The summed E-state index contributed by atoms with van der Waals surface area (Å²) in [5.41, 5.74) is 3.26. The summed E-state index contributed by atoms with van der Waals surface area (Å²) in [6.45, 7) is 36.3. The first-order valence-corrected chi connectivity index (χ1v) is 29.2. The molecular formula is C55H71N17O6Si. The van der Waals surface area contributed by atoms with E-state index in [-0.39, 0.29) is 40.2 Å². The second-order valence-electron chi connectivity index (χ2n) is 21.9. The zero-order chi connectivity index (χ0) is 56.7. The molecule has 8 heterocycles. The summed E-state index contributed by atoms with van der Waals surface area (Å²) < 4.78 is 15.3. The van der Waals surface area contributed by atoms with E-state index in [0.717, 1.165) is 49.5 Å². The standard InChI is InChI=1S/C29H41N9O2Si.C26H30N8O4/c1-29(2,3)41(5,6)40-13-11-32-28(39)22-9-12-38(20-22)24-17-34-25(37-27-19-35-26(30-4)18-36-27)14-23(24)33-16-21-8-7-10-31-15-21;1-26(2,3)38-25(37)34-8-5-6-17(15-34)11-28-19-10-21(32-23-14-30-22(27-4)13-31-23)29-12-20(19)33-9-7-18(16-33)24(35)36/h9,12,14,17-21,31H,7-8,10-11,13,15-16H2,1-3,5-6H3,(H,32,39)(H2,33,34,36,37);7,9-10,12-14,16-17H,5-6,8,11,15H2,1-3H3,(H,35,36)(H2,28,29,31,32). The van der Waals surface area contributed by atoms with Gasteiger partial charge in [0.25, 0.3) is 17.5 Å². The molecule has 2 unspecified atom stereocenters. The Morgan fingerprint density at radius 1 is 0.747 bits per heavy atom. The lowest BCUT2D eigenvalue weighted by Crippen LogP contribution is -2.44. The van der Waals surface area contributed by atoms with Crippen LogP contribution in [0.2, 0.25) is 18.1 Å². The Morgan fingerprint density at radius 3 is 1.78 bits per heavy atom. The largest absolute Gasteiger partial charge is 0.478 e. The zero-order valence-electron chi connectivity index (χ0n) is 46.1. The maximum absolute atomic E-state index is 12.9. The third-order valence-electron chi connectivity index (χ3n) is 13.6. The van der Waals surface area contributed by atoms with E-state index in [1.54, 1.807) is 40.2 Å². The van der Waals surface area contributed by atoms with Crippen LogP contribution in [0.15, 0.2) is 86.2 Å². The molecule has 0 bridgehead atoms. The van der Waals surface area contributed by atoms with Crippen LogP contribution in [0.5, 0.6) is 0 Å². The first kappa shape index (κ1) is 58.2. The van der Waals surface area contributed by atoms with E-state index in [2.05, 4.69) is 105 Å². The zero-order valence-corrected chi connectivity index (χ0v) is 47.1. The SMILES string of the molecule is [C-]#[N+]c1cnc(Nc2cc(NCC3CCCN(C(=O)OC(C)(C)C)C3)c(-n3ccc(C(=O)O)c3)cn2)cn1.[C-]#[N+]c1cnc(Nc2cc(NCC3CCCNC3)c(-n3ccc(C(=O)NCCO[Si](C)(C)C(C)(C)C)c3)cn2)cn1. The number of nitrogens with one attached hydrogen (secondary N) is 6. The number of carboxylic acid groups (broad SMARTS) is 1. The molecule has 2 saturated heterocycles. The van der Waals surface area contributed by atoms with E-state index in [1.165, 1.54) is 49.9 Å². The van der Waals surface area contributed by atoms with Crippen LogP contribution in [-0.2, 0) is 9.16 Å². The molecule has 6 aromatic heterocycles. The fourth-order valence-electron chi connectivity index (χ4n) is 8.35. The molecule has 0 aromatic carbocycles. The van der Waals surface area contributed by atoms with Gasteiger partial charge in [-0.05, 0) is 102 Å². The highest BCUT2D eigenvalue weighted by Crippen LogP contribution is 2.36. The number of hydrogen-bond donors (Lipinski definition) is 7. The molecule has 0 spiro atoms. The second-order valence-corrected chi connectivity index (χ2v) is 26.7. The van der Waals surface area contributed by atoms with Crippen molar-refractivity contribution >= 4 is 72.6 Å². The van der Waals surface area contributed by atoms with Crippen molar-refractivity contribution in [3.05, 3.63) is 120 Å². The van der Waals surface area contributed by atoms with Crippen molar-refractivity contribution in [2.75, 3.05) is 73.7 Å². The molecule has 2 atom stereocenters. The molecule has 6 aromatic rings. The van der Waals surface area contributed by atoms with Gasteiger partial charge in [-0.2, -0.15) is 0 Å². The summed E-state index contributed by atoms with van der Waals surface area (Å²) >= 11 is 0. The molecule has 23 nitrogen and oxygen atoms in total. The van der Waals surface area contributed by atoms with Gasteiger partial charge >= 0.3 is 12.1 Å². The number of aromatic carboxylic acids is 1. The molecule has 8 rings (SSSR count). The third-order valence-corrected chi connectivity index (χ3v) is 18.2. The van der Waals surface area contributed by atoms with Gasteiger partial charge in [-0.3, -0.25) is 4.79 Å². The molecule has 2 aliphatic heterocycles. The molecule has 0 radical (unpaired) electrons. The minimum atomic E-state index is -1.85. The number of likely N-dealkylation sites (tertiary alicyclic amines) is 1. The lowest BCUT2D eigenvalue weighted by atomic mass is 9.98. The maximum atomic E-state index is 12.9. The van der Waals surface area contributed by atoms with Crippen molar-refractivity contribution in [2.24, 2.45) is 11.8 Å². The Morgan fingerprint density at radius 2 is 1.29 bits per heavy atom. The molecule has 24 heteroatoms. The molecule has 416 valence electrons. The van der Waals surface area contributed by atoms with E-state index < -0.39 is 19.9 Å².